The maximum Gasteiger partial charge on any atom is 0.248 e. The van der Waals surface area contributed by atoms with Crippen molar-refractivity contribution in [2.45, 2.75) is 13.8 Å². The van der Waals surface area contributed by atoms with Crippen LogP contribution in [0.25, 0.3) is 0 Å². The minimum absolute atomic E-state index is 0.109. The fourth-order valence-electron chi connectivity index (χ4n) is 1.02. The summed E-state index contributed by atoms with van der Waals surface area (Å²) in [6, 6.07) is 3.09. The highest BCUT2D eigenvalue weighted by molar-refractivity contribution is 5.73. The van der Waals surface area contributed by atoms with Gasteiger partial charge in [-0.05, 0) is 13.0 Å². The molecule has 15 heavy (non-hydrogen) atoms. The van der Waals surface area contributed by atoms with Crippen LogP contribution in [0.5, 0.6) is 0 Å². The lowest BCUT2D eigenvalue weighted by Gasteiger charge is -1.95. The van der Waals surface area contributed by atoms with Crippen molar-refractivity contribution < 1.29 is 4.79 Å². The lowest BCUT2D eigenvalue weighted by atomic mass is 10.2. The molecule has 1 heterocycles. The lowest BCUT2D eigenvalue weighted by Crippen LogP contribution is -2.19. The highest BCUT2D eigenvalue weighted by Crippen LogP contribution is 1.97. The van der Waals surface area contributed by atoms with Gasteiger partial charge in [0.2, 0.25) is 11.5 Å². The smallest absolute Gasteiger partial charge is 0.248 e. The van der Waals surface area contributed by atoms with Crippen LogP contribution in [0.15, 0.2) is 16.9 Å². The second-order valence-electron chi connectivity index (χ2n) is 3.07. The van der Waals surface area contributed by atoms with E-state index in [1.54, 1.807) is 13.0 Å². The molecule has 4 nitrogen and oxygen atoms in total. The number of hydrogen-bond donors (Lipinski definition) is 2. The summed E-state index contributed by atoms with van der Waals surface area (Å²) in [6.07, 6.45) is 0. The Hall–Kier alpha value is -2.02. The monoisotopic (exact) mass is 204 g/mol. The number of aromatic nitrogens is 1. The van der Waals surface area contributed by atoms with E-state index in [2.05, 4.69) is 22.1 Å². The molecule has 2 N–H and O–H groups in total. The van der Waals surface area contributed by atoms with Gasteiger partial charge < -0.3 is 10.3 Å². The Morgan fingerprint density at radius 3 is 2.87 bits per heavy atom. The Balaban J connectivity index is 2.72. The van der Waals surface area contributed by atoms with Crippen LogP contribution in [-0.4, -0.2) is 17.4 Å². The van der Waals surface area contributed by atoms with Crippen LogP contribution in [0.3, 0.4) is 0 Å². The van der Waals surface area contributed by atoms with Crippen molar-refractivity contribution >= 4 is 5.91 Å². The summed E-state index contributed by atoms with van der Waals surface area (Å²) in [6.45, 7) is 3.53. The van der Waals surface area contributed by atoms with Gasteiger partial charge in [-0.15, -0.1) is 0 Å². The molecule has 1 aromatic heterocycles. The minimum Gasteiger partial charge on any atom is -0.345 e. The fraction of sp³-hybridized carbons (Fsp3) is 0.273. The van der Waals surface area contributed by atoms with E-state index < -0.39 is 0 Å². The molecular weight excluding hydrogens is 192 g/mol. The molecule has 0 aromatic carbocycles. The van der Waals surface area contributed by atoms with E-state index in [1.165, 1.54) is 13.0 Å². The average molecular weight is 204 g/mol. The van der Waals surface area contributed by atoms with Crippen LogP contribution < -0.4 is 10.9 Å². The van der Waals surface area contributed by atoms with E-state index in [9.17, 15) is 9.59 Å². The third kappa shape index (κ3) is 3.69. The average Bonchev–Trinajstić information content (AvgIpc) is 2.14. The van der Waals surface area contributed by atoms with E-state index in [-0.39, 0.29) is 11.5 Å². The first kappa shape index (κ1) is 11.1. The molecular formula is C11H12N2O2. The van der Waals surface area contributed by atoms with Gasteiger partial charge in [0.15, 0.2) is 0 Å². The summed E-state index contributed by atoms with van der Waals surface area (Å²) in [4.78, 5) is 24.1. The standard InChI is InChI=1S/C11H12N2O2/c1-8-10(5-6-11(15)13-8)4-3-7-12-9(2)14/h5-6H,7H2,1-2H3,(H,12,14)(H,13,15). The molecule has 0 saturated heterocycles. The highest BCUT2D eigenvalue weighted by Gasteiger charge is 1.93. The summed E-state index contributed by atoms with van der Waals surface area (Å²) >= 11 is 0. The van der Waals surface area contributed by atoms with Crippen LogP contribution in [0.2, 0.25) is 0 Å². The largest absolute Gasteiger partial charge is 0.345 e. The molecule has 0 unspecified atom stereocenters. The number of pyridine rings is 1. The second kappa shape index (κ2) is 5.01. The van der Waals surface area contributed by atoms with Gasteiger partial charge in [-0.25, -0.2) is 0 Å². The Morgan fingerprint density at radius 1 is 1.53 bits per heavy atom. The summed E-state index contributed by atoms with van der Waals surface area (Å²) in [7, 11) is 0. The first-order valence-corrected chi connectivity index (χ1v) is 4.53. The normalized spacial score (nSPS) is 8.93. The van der Waals surface area contributed by atoms with Crippen molar-refractivity contribution in [2.75, 3.05) is 6.54 Å². The van der Waals surface area contributed by atoms with E-state index in [0.717, 1.165) is 11.3 Å². The fourth-order valence-corrected chi connectivity index (χ4v) is 1.02. The number of carbonyl (C=O) groups excluding carboxylic acids is 1. The third-order valence-electron chi connectivity index (χ3n) is 1.76. The number of rotatable bonds is 1. The number of hydrogen-bond acceptors (Lipinski definition) is 2. The molecule has 0 aliphatic rings. The maximum atomic E-state index is 10.9. The van der Waals surface area contributed by atoms with E-state index in [4.69, 9.17) is 0 Å². The molecule has 1 amide bonds. The van der Waals surface area contributed by atoms with Crippen molar-refractivity contribution in [3.8, 4) is 11.8 Å². The van der Waals surface area contributed by atoms with Gasteiger partial charge in [-0.3, -0.25) is 9.59 Å². The summed E-state index contributed by atoms with van der Waals surface area (Å²) in [5, 5.41) is 2.56. The number of carbonyl (C=O) groups is 1. The van der Waals surface area contributed by atoms with Crippen LogP contribution in [0.4, 0.5) is 0 Å². The number of amides is 1. The van der Waals surface area contributed by atoms with E-state index in [1.807, 2.05) is 0 Å². The van der Waals surface area contributed by atoms with Gasteiger partial charge in [0.1, 0.15) is 0 Å². The summed E-state index contributed by atoms with van der Waals surface area (Å²) in [5.74, 6) is 5.54. The Bertz CT molecular complexity index is 477. The maximum absolute atomic E-state index is 10.9. The van der Waals surface area contributed by atoms with Crippen molar-refractivity contribution in [2.24, 2.45) is 0 Å². The van der Waals surface area contributed by atoms with Gasteiger partial charge in [-0.1, -0.05) is 11.8 Å². The molecule has 1 aromatic rings. The predicted octanol–water partition coefficient (Wildman–Crippen LogP) is 0.171. The number of aryl methyl sites for hydroxylation is 1. The Kier molecular flexibility index (Phi) is 3.69. The zero-order valence-corrected chi connectivity index (χ0v) is 8.68. The molecule has 0 aliphatic heterocycles. The quantitative estimate of drug-likeness (QED) is 0.640. The molecule has 0 fully saturated rings. The SMILES string of the molecule is CC(=O)NCC#Cc1ccc(=O)[nH]c1C. The molecule has 1 rings (SSSR count). The Morgan fingerprint density at radius 2 is 2.27 bits per heavy atom. The third-order valence-corrected chi connectivity index (χ3v) is 1.76. The molecule has 78 valence electrons. The predicted molar refractivity (Wildman–Crippen MR) is 57.4 cm³/mol. The van der Waals surface area contributed by atoms with E-state index >= 15 is 0 Å². The van der Waals surface area contributed by atoms with Crippen LogP contribution in [0, 0.1) is 18.8 Å². The Labute approximate surface area is 87.7 Å². The topological polar surface area (TPSA) is 62.0 Å². The van der Waals surface area contributed by atoms with Crippen molar-refractivity contribution in [3.05, 3.63) is 33.7 Å². The van der Waals surface area contributed by atoms with Crippen LogP contribution in [0.1, 0.15) is 18.2 Å². The molecule has 0 aliphatic carbocycles. The van der Waals surface area contributed by atoms with Gasteiger partial charge in [0.25, 0.3) is 0 Å². The summed E-state index contributed by atoms with van der Waals surface area (Å²) < 4.78 is 0. The van der Waals surface area contributed by atoms with Crippen molar-refractivity contribution in [1.29, 1.82) is 0 Å². The molecule has 4 heteroatoms. The molecule has 0 atom stereocenters. The number of H-pyrrole nitrogens is 1. The van der Waals surface area contributed by atoms with Gasteiger partial charge in [-0.2, -0.15) is 0 Å². The first-order chi connectivity index (χ1) is 7.09. The first-order valence-electron chi connectivity index (χ1n) is 4.53. The zero-order chi connectivity index (χ0) is 11.3. The molecule has 0 saturated carbocycles. The van der Waals surface area contributed by atoms with Crippen molar-refractivity contribution in [3.63, 3.8) is 0 Å². The lowest BCUT2D eigenvalue weighted by molar-refractivity contribution is -0.118. The van der Waals surface area contributed by atoms with Gasteiger partial charge in [0, 0.05) is 24.2 Å². The molecule has 0 bridgehead atoms. The second-order valence-corrected chi connectivity index (χ2v) is 3.07. The van der Waals surface area contributed by atoms with Gasteiger partial charge >= 0.3 is 0 Å². The van der Waals surface area contributed by atoms with Crippen LogP contribution >= 0.6 is 0 Å². The van der Waals surface area contributed by atoms with Crippen LogP contribution in [-0.2, 0) is 4.79 Å². The summed E-state index contributed by atoms with van der Waals surface area (Å²) in [5.41, 5.74) is 1.36. The van der Waals surface area contributed by atoms with E-state index in [0.29, 0.717) is 6.54 Å². The highest BCUT2D eigenvalue weighted by atomic mass is 16.1. The van der Waals surface area contributed by atoms with Gasteiger partial charge in [0.05, 0.1) is 6.54 Å². The number of nitrogens with one attached hydrogen (secondary N) is 2. The molecule has 0 spiro atoms. The molecule has 0 radical (unpaired) electrons. The minimum atomic E-state index is -0.139. The van der Waals surface area contributed by atoms with Crippen molar-refractivity contribution in [1.82, 2.24) is 10.3 Å². The zero-order valence-electron chi connectivity index (χ0n) is 8.68. The number of aromatic amines is 1.